The lowest BCUT2D eigenvalue weighted by Crippen LogP contribution is -1.96. The Labute approximate surface area is 66.9 Å². The van der Waals surface area contributed by atoms with Crippen molar-refractivity contribution in [2.75, 3.05) is 6.61 Å². The summed E-state index contributed by atoms with van der Waals surface area (Å²) in [5.41, 5.74) is 2.45. The van der Waals surface area contributed by atoms with Crippen LogP contribution in [0.2, 0.25) is 0 Å². The highest BCUT2D eigenvalue weighted by atomic mass is 16.2. The van der Waals surface area contributed by atoms with Crippen LogP contribution in [0.4, 0.5) is 0 Å². The van der Waals surface area contributed by atoms with Crippen LogP contribution in [0.5, 0.6) is 0 Å². The van der Waals surface area contributed by atoms with Gasteiger partial charge in [-0.25, -0.2) is 0 Å². The normalized spacial score (nSPS) is 10.0. The van der Waals surface area contributed by atoms with E-state index >= 15 is 0 Å². The maximum Gasteiger partial charge on any atom is 0.0471 e. The third-order valence-corrected chi connectivity index (χ3v) is 1.77. The minimum atomic E-state index is 0.219. The van der Waals surface area contributed by atoms with Crippen LogP contribution in [0, 0.1) is 0 Å². The lowest BCUT2D eigenvalue weighted by molar-refractivity contribution is 0.299. The van der Waals surface area contributed by atoms with Gasteiger partial charge in [0, 0.05) is 19.0 Å². The van der Waals surface area contributed by atoms with Gasteiger partial charge in [-0.1, -0.05) is 6.92 Å². The molecule has 0 aromatic carbocycles. The summed E-state index contributed by atoms with van der Waals surface area (Å²) in [5.74, 6) is 0. The van der Waals surface area contributed by atoms with E-state index in [9.17, 15) is 0 Å². The summed E-state index contributed by atoms with van der Waals surface area (Å²) in [6.45, 7) is 2.31. The van der Waals surface area contributed by atoms with Gasteiger partial charge in [0.15, 0.2) is 0 Å². The zero-order valence-corrected chi connectivity index (χ0v) is 6.75. The second-order valence-corrected chi connectivity index (χ2v) is 2.47. The van der Waals surface area contributed by atoms with Gasteiger partial charge >= 0.3 is 0 Å². The molecule has 0 spiro atoms. The number of pyridine rings is 1. The predicted octanol–water partition coefficient (Wildman–Crippen LogP) is 1.18. The van der Waals surface area contributed by atoms with Gasteiger partial charge in [0.05, 0.1) is 0 Å². The van der Waals surface area contributed by atoms with E-state index < -0.39 is 0 Å². The second-order valence-electron chi connectivity index (χ2n) is 2.47. The van der Waals surface area contributed by atoms with Crippen molar-refractivity contribution in [3.63, 3.8) is 0 Å². The highest BCUT2D eigenvalue weighted by Gasteiger charge is 1.97. The first-order chi connectivity index (χ1) is 5.38. The van der Waals surface area contributed by atoms with Crippen LogP contribution in [0.3, 0.4) is 0 Å². The Kier molecular flexibility index (Phi) is 3.05. The fraction of sp³-hybridized carbons (Fsp3) is 0.444. The molecule has 0 bridgehead atoms. The lowest BCUT2D eigenvalue weighted by atomic mass is 10.1. The van der Waals surface area contributed by atoms with E-state index in [0.29, 0.717) is 0 Å². The number of aliphatic hydroxyl groups excluding tert-OH is 1. The molecule has 11 heavy (non-hydrogen) atoms. The van der Waals surface area contributed by atoms with Gasteiger partial charge in [0.1, 0.15) is 0 Å². The molecule has 1 rings (SSSR count). The van der Waals surface area contributed by atoms with Crippen molar-refractivity contribution < 1.29 is 5.11 Å². The molecule has 0 unspecified atom stereocenters. The van der Waals surface area contributed by atoms with E-state index in [1.807, 2.05) is 12.3 Å². The summed E-state index contributed by atoms with van der Waals surface area (Å²) in [5, 5.41) is 8.72. The third-order valence-electron chi connectivity index (χ3n) is 1.77. The molecule has 2 nitrogen and oxygen atoms in total. The number of hydrogen-bond acceptors (Lipinski definition) is 2. The van der Waals surface area contributed by atoms with Gasteiger partial charge in [0.2, 0.25) is 0 Å². The molecule has 1 heterocycles. The minimum absolute atomic E-state index is 0.219. The Hall–Kier alpha value is -0.890. The first-order valence-corrected chi connectivity index (χ1v) is 3.91. The maximum atomic E-state index is 8.72. The van der Waals surface area contributed by atoms with Crippen molar-refractivity contribution in [3.05, 3.63) is 29.6 Å². The van der Waals surface area contributed by atoms with Crippen LogP contribution in [0.25, 0.3) is 0 Å². The van der Waals surface area contributed by atoms with E-state index in [1.165, 1.54) is 11.1 Å². The number of aryl methyl sites for hydroxylation is 1. The highest BCUT2D eigenvalue weighted by molar-refractivity contribution is 5.23. The number of aliphatic hydroxyl groups is 1. The fourth-order valence-electron chi connectivity index (χ4n) is 1.14. The van der Waals surface area contributed by atoms with Crippen LogP contribution >= 0.6 is 0 Å². The second kappa shape index (κ2) is 4.09. The summed E-state index contributed by atoms with van der Waals surface area (Å²) in [6.07, 6.45) is 5.37. The Morgan fingerprint density at radius 1 is 1.45 bits per heavy atom. The SMILES string of the molecule is CCc1cnccc1CCO. The Balaban J connectivity index is 2.83. The molecule has 1 aromatic rings. The third kappa shape index (κ3) is 2.02. The van der Waals surface area contributed by atoms with Crippen molar-refractivity contribution in [2.45, 2.75) is 19.8 Å². The Morgan fingerprint density at radius 2 is 2.27 bits per heavy atom. The van der Waals surface area contributed by atoms with Crippen molar-refractivity contribution in [2.24, 2.45) is 0 Å². The molecular weight excluding hydrogens is 138 g/mol. The quantitative estimate of drug-likeness (QED) is 0.703. The van der Waals surface area contributed by atoms with Crippen LogP contribution < -0.4 is 0 Å². The number of hydrogen-bond donors (Lipinski definition) is 1. The van der Waals surface area contributed by atoms with Gasteiger partial charge in [-0.15, -0.1) is 0 Å². The molecule has 0 aliphatic rings. The average molecular weight is 151 g/mol. The molecule has 2 heteroatoms. The number of nitrogens with zero attached hydrogens (tertiary/aromatic N) is 1. The molecule has 0 saturated heterocycles. The summed E-state index contributed by atoms with van der Waals surface area (Å²) < 4.78 is 0. The van der Waals surface area contributed by atoms with Crippen LogP contribution in [-0.4, -0.2) is 16.7 Å². The summed E-state index contributed by atoms with van der Waals surface area (Å²) in [4.78, 5) is 4.02. The molecule has 0 fully saturated rings. The minimum Gasteiger partial charge on any atom is -0.396 e. The first-order valence-electron chi connectivity index (χ1n) is 3.91. The first kappa shape index (κ1) is 8.21. The molecule has 1 aromatic heterocycles. The molecule has 0 saturated carbocycles. The molecule has 0 atom stereocenters. The largest absolute Gasteiger partial charge is 0.396 e. The topological polar surface area (TPSA) is 33.1 Å². The zero-order valence-electron chi connectivity index (χ0n) is 6.75. The van der Waals surface area contributed by atoms with Crippen LogP contribution in [0.1, 0.15) is 18.1 Å². The summed E-state index contributed by atoms with van der Waals surface area (Å²) in [7, 11) is 0. The number of rotatable bonds is 3. The van der Waals surface area contributed by atoms with Crippen molar-refractivity contribution >= 4 is 0 Å². The molecule has 1 N–H and O–H groups in total. The molecule has 0 amide bonds. The van der Waals surface area contributed by atoms with Gasteiger partial charge in [0.25, 0.3) is 0 Å². The molecule has 0 aliphatic heterocycles. The fourth-order valence-corrected chi connectivity index (χ4v) is 1.14. The maximum absolute atomic E-state index is 8.72. The standard InChI is InChI=1S/C9H13NO/c1-2-8-7-10-5-3-9(8)4-6-11/h3,5,7,11H,2,4,6H2,1H3. The average Bonchev–Trinajstić information content (AvgIpc) is 2.06. The van der Waals surface area contributed by atoms with Gasteiger partial charge in [-0.2, -0.15) is 0 Å². The summed E-state index contributed by atoms with van der Waals surface area (Å²) in [6, 6.07) is 1.97. The monoisotopic (exact) mass is 151 g/mol. The predicted molar refractivity (Wildman–Crippen MR) is 44.4 cm³/mol. The van der Waals surface area contributed by atoms with Crippen molar-refractivity contribution in [1.82, 2.24) is 4.98 Å². The van der Waals surface area contributed by atoms with Crippen molar-refractivity contribution in [1.29, 1.82) is 0 Å². The van der Waals surface area contributed by atoms with Crippen LogP contribution in [-0.2, 0) is 12.8 Å². The van der Waals surface area contributed by atoms with E-state index in [1.54, 1.807) is 6.20 Å². The Bertz CT molecular complexity index is 223. The van der Waals surface area contributed by atoms with E-state index in [0.717, 1.165) is 12.8 Å². The molecule has 60 valence electrons. The number of aromatic nitrogens is 1. The van der Waals surface area contributed by atoms with E-state index in [-0.39, 0.29) is 6.61 Å². The molecule has 0 aliphatic carbocycles. The van der Waals surface area contributed by atoms with Gasteiger partial charge in [-0.05, 0) is 30.0 Å². The van der Waals surface area contributed by atoms with E-state index in [2.05, 4.69) is 11.9 Å². The molecular formula is C9H13NO. The Morgan fingerprint density at radius 3 is 2.91 bits per heavy atom. The van der Waals surface area contributed by atoms with Crippen molar-refractivity contribution in [3.8, 4) is 0 Å². The lowest BCUT2D eigenvalue weighted by Gasteiger charge is -2.03. The highest BCUT2D eigenvalue weighted by Crippen LogP contribution is 2.07. The van der Waals surface area contributed by atoms with Gasteiger partial charge < -0.3 is 5.11 Å². The summed E-state index contributed by atoms with van der Waals surface area (Å²) >= 11 is 0. The zero-order chi connectivity index (χ0) is 8.10. The van der Waals surface area contributed by atoms with Gasteiger partial charge in [-0.3, -0.25) is 4.98 Å². The molecule has 0 radical (unpaired) electrons. The smallest absolute Gasteiger partial charge is 0.0471 e. The van der Waals surface area contributed by atoms with Crippen LogP contribution in [0.15, 0.2) is 18.5 Å². The van der Waals surface area contributed by atoms with E-state index in [4.69, 9.17) is 5.11 Å².